The van der Waals surface area contributed by atoms with E-state index in [0.29, 0.717) is 6.04 Å². The molecule has 3 nitrogen and oxygen atoms in total. The molecule has 0 bridgehead atoms. The molecule has 0 aliphatic carbocycles. The molecule has 1 heterocycles. The van der Waals surface area contributed by atoms with Gasteiger partial charge in [-0.2, -0.15) is 5.10 Å². The van der Waals surface area contributed by atoms with Gasteiger partial charge < -0.3 is 5.32 Å². The fourth-order valence-electron chi connectivity index (χ4n) is 0.830. The lowest BCUT2D eigenvalue weighted by Crippen LogP contribution is -2.11. The second kappa shape index (κ2) is 2.84. The topological polar surface area (TPSA) is 29.9 Å². The third-order valence-corrected chi connectivity index (χ3v) is 1.66. The molecule has 0 unspecified atom stereocenters. The molecular weight excluding hydrogens is 126 g/mol. The number of rotatable bonds is 2. The quantitative estimate of drug-likeness (QED) is 0.653. The molecule has 1 aromatic heterocycles. The van der Waals surface area contributed by atoms with Crippen LogP contribution >= 0.6 is 0 Å². The molecular formula is C7H13N3. The van der Waals surface area contributed by atoms with Gasteiger partial charge >= 0.3 is 0 Å². The maximum atomic E-state index is 4.06. The van der Waals surface area contributed by atoms with Crippen molar-refractivity contribution in [2.45, 2.75) is 13.0 Å². The zero-order valence-electron chi connectivity index (χ0n) is 6.63. The van der Waals surface area contributed by atoms with Gasteiger partial charge in [0.2, 0.25) is 0 Å². The molecule has 0 amide bonds. The Morgan fingerprint density at radius 3 is 2.80 bits per heavy atom. The standard InChI is InChI=1S/C7H13N3/c1-6(8-2)7-4-9-10(3)5-7/h4-6,8H,1-3H3/t6-/m1/s1. The van der Waals surface area contributed by atoms with Crippen LogP contribution in [0.4, 0.5) is 0 Å². The molecule has 0 radical (unpaired) electrons. The van der Waals surface area contributed by atoms with E-state index < -0.39 is 0 Å². The van der Waals surface area contributed by atoms with E-state index in [1.807, 2.05) is 31.2 Å². The van der Waals surface area contributed by atoms with Crippen LogP contribution in [0.25, 0.3) is 0 Å². The SMILES string of the molecule is CN[C@H](C)c1cnn(C)c1. The molecule has 10 heavy (non-hydrogen) atoms. The molecule has 0 saturated heterocycles. The van der Waals surface area contributed by atoms with Crippen molar-refractivity contribution in [1.29, 1.82) is 0 Å². The van der Waals surface area contributed by atoms with Gasteiger partial charge in [0.25, 0.3) is 0 Å². The lowest BCUT2D eigenvalue weighted by atomic mass is 10.2. The van der Waals surface area contributed by atoms with Crippen LogP contribution in [0.2, 0.25) is 0 Å². The summed E-state index contributed by atoms with van der Waals surface area (Å²) >= 11 is 0. The summed E-state index contributed by atoms with van der Waals surface area (Å²) in [5.41, 5.74) is 1.23. The molecule has 1 N–H and O–H groups in total. The third-order valence-electron chi connectivity index (χ3n) is 1.66. The van der Waals surface area contributed by atoms with Crippen LogP contribution in [0, 0.1) is 0 Å². The van der Waals surface area contributed by atoms with Crippen LogP contribution in [-0.4, -0.2) is 16.8 Å². The van der Waals surface area contributed by atoms with Crippen LogP contribution in [0.1, 0.15) is 18.5 Å². The van der Waals surface area contributed by atoms with Crippen LogP contribution in [0.3, 0.4) is 0 Å². The highest BCUT2D eigenvalue weighted by molar-refractivity contribution is 5.08. The predicted molar refractivity (Wildman–Crippen MR) is 40.7 cm³/mol. The lowest BCUT2D eigenvalue weighted by Gasteiger charge is -2.04. The van der Waals surface area contributed by atoms with Crippen molar-refractivity contribution in [3.63, 3.8) is 0 Å². The third kappa shape index (κ3) is 1.36. The lowest BCUT2D eigenvalue weighted by molar-refractivity contribution is 0.651. The zero-order chi connectivity index (χ0) is 7.56. The van der Waals surface area contributed by atoms with Gasteiger partial charge in [0.15, 0.2) is 0 Å². The summed E-state index contributed by atoms with van der Waals surface area (Å²) in [4.78, 5) is 0. The van der Waals surface area contributed by atoms with Crippen molar-refractivity contribution in [2.24, 2.45) is 7.05 Å². The van der Waals surface area contributed by atoms with Crippen molar-refractivity contribution in [3.8, 4) is 0 Å². The minimum Gasteiger partial charge on any atom is -0.313 e. The number of hydrogen-bond donors (Lipinski definition) is 1. The van der Waals surface area contributed by atoms with Crippen molar-refractivity contribution < 1.29 is 0 Å². The minimum atomic E-state index is 0.397. The molecule has 1 rings (SSSR count). The second-order valence-electron chi connectivity index (χ2n) is 2.46. The number of aromatic nitrogens is 2. The Labute approximate surface area is 61.0 Å². The molecule has 56 valence electrons. The van der Waals surface area contributed by atoms with Gasteiger partial charge in [-0.3, -0.25) is 4.68 Å². The highest BCUT2D eigenvalue weighted by Crippen LogP contribution is 2.08. The van der Waals surface area contributed by atoms with E-state index in [1.165, 1.54) is 5.56 Å². The predicted octanol–water partition coefficient (Wildman–Crippen LogP) is 0.700. The Morgan fingerprint density at radius 2 is 2.40 bits per heavy atom. The van der Waals surface area contributed by atoms with Gasteiger partial charge in [-0.15, -0.1) is 0 Å². The fourth-order valence-corrected chi connectivity index (χ4v) is 0.830. The van der Waals surface area contributed by atoms with Crippen molar-refractivity contribution in [3.05, 3.63) is 18.0 Å². The van der Waals surface area contributed by atoms with Crippen LogP contribution < -0.4 is 5.32 Å². The highest BCUT2D eigenvalue weighted by atomic mass is 15.2. The van der Waals surface area contributed by atoms with Crippen LogP contribution in [0.15, 0.2) is 12.4 Å². The average Bonchev–Trinajstić information content (AvgIpc) is 2.34. The zero-order valence-corrected chi connectivity index (χ0v) is 6.63. The minimum absolute atomic E-state index is 0.397. The van der Waals surface area contributed by atoms with E-state index >= 15 is 0 Å². The maximum Gasteiger partial charge on any atom is 0.0537 e. The first-order valence-corrected chi connectivity index (χ1v) is 3.40. The molecule has 3 heteroatoms. The monoisotopic (exact) mass is 139 g/mol. The molecule has 0 saturated carbocycles. The fraction of sp³-hybridized carbons (Fsp3) is 0.571. The molecule has 0 spiro atoms. The highest BCUT2D eigenvalue weighted by Gasteiger charge is 2.02. The summed E-state index contributed by atoms with van der Waals surface area (Å²) in [5, 5.41) is 7.20. The Morgan fingerprint density at radius 1 is 1.70 bits per heavy atom. The summed E-state index contributed by atoms with van der Waals surface area (Å²) in [5.74, 6) is 0. The Balaban J connectivity index is 2.74. The number of hydrogen-bond acceptors (Lipinski definition) is 2. The first-order valence-electron chi connectivity index (χ1n) is 3.40. The normalized spacial score (nSPS) is 13.5. The van der Waals surface area contributed by atoms with Crippen molar-refractivity contribution in [2.75, 3.05) is 7.05 Å². The van der Waals surface area contributed by atoms with E-state index in [0.717, 1.165) is 0 Å². The van der Waals surface area contributed by atoms with E-state index in [4.69, 9.17) is 0 Å². The second-order valence-corrected chi connectivity index (χ2v) is 2.46. The van der Waals surface area contributed by atoms with E-state index in [9.17, 15) is 0 Å². The first kappa shape index (κ1) is 7.28. The van der Waals surface area contributed by atoms with Gasteiger partial charge in [0, 0.05) is 24.8 Å². The molecule has 0 fully saturated rings. The van der Waals surface area contributed by atoms with Crippen molar-refractivity contribution >= 4 is 0 Å². The largest absolute Gasteiger partial charge is 0.313 e. The summed E-state index contributed by atoms with van der Waals surface area (Å²) in [7, 11) is 3.86. The van der Waals surface area contributed by atoms with Crippen LogP contribution in [-0.2, 0) is 7.05 Å². The van der Waals surface area contributed by atoms with E-state index in [1.54, 1.807) is 0 Å². The maximum absolute atomic E-state index is 4.06. The number of aryl methyl sites for hydroxylation is 1. The molecule has 0 aromatic carbocycles. The van der Waals surface area contributed by atoms with Gasteiger partial charge in [0.1, 0.15) is 0 Å². The molecule has 1 atom stereocenters. The molecule has 0 aliphatic rings. The summed E-state index contributed by atoms with van der Waals surface area (Å²) < 4.78 is 1.81. The molecule has 1 aromatic rings. The molecule has 0 aliphatic heterocycles. The summed E-state index contributed by atoms with van der Waals surface area (Å²) in [6.07, 6.45) is 3.89. The van der Waals surface area contributed by atoms with Gasteiger partial charge in [-0.1, -0.05) is 0 Å². The van der Waals surface area contributed by atoms with E-state index in [2.05, 4.69) is 17.3 Å². The van der Waals surface area contributed by atoms with E-state index in [-0.39, 0.29) is 0 Å². The number of nitrogens with one attached hydrogen (secondary N) is 1. The number of nitrogens with zero attached hydrogens (tertiary/aromatic N) is 2. The summed E-state index contributed by atoms with van der Waals surface area (Å²) in [6, 6.07) is 0.397. The Kier molecular flexibility index (Phi) is 2.06. The Hall–Kier alpha value is -0.830. The summed E-state index contributed by atoms with van der Waals surface area (Å²) in [6.45, 7) is 2.11. The Bertz CT molecular complexity index is 204. The smallest absolute Gasteiger partial charge is 0.0537 e. The van der Waals surface area contributed by atoms with Gasteiger partial charge in [0.05, 0.1) is 6.20 Å². The van der Waals surface area contributed by atoms with Gasteiger partial charge in [-0.25, -0.2) is 0 Å². The van der Waals surface area contributed by atoms with Crippen molar-refractivity contribution in [1.82, 2.24) is 15.1 Å². The average molecular weight is 139 g/mol. The van der Waals surface area contributed by atoms with Crippen LogP contribution in [0.5, 0.6) is 0 Å². The van der Waals surface area contributed by atoms with Gasteiger partial charge in [-0.05, 0) is 14.0 Å². The first-order chi connectivity index (χ1) is 4.74.